The van der Waals surface area contributed by atoms with E-state index in [0.29, 0.717) is 25.5 Å². The normalized spacial score (nSPS) is 13.1. The lowest BCUT2D eigenvalue weighted by Gasteiger charge is -2.24. The molecule has 26 heavy (non-hydrogen) atoms. The fourth-order valence-corrected chi connectivity index (χ4v) is 3.99. The van der Waals surface area contributed by atoms with Gasteiger partial charge in [-0.25, -0.2) is 0 Å². The topological polar surface area (TPSA) is 38.8 Å². The Morgan fingerprint density at radius 1 is 1.04 bits per heavy atom. The molecule has 1 aromatic carbocycles. The summed E-state index contributed by atoms with van der Waals surface area (Å²) >= 11 is 3.24. The summed E-state index contributed by atoms with van der Waals surface area (Å²) in [5, 5.41) is 4.01. The van der Waals surface area contributed by atoms with Gasteiger partial charge < -0.3 is 14.4 Å². The van der Waals surface area contributed by atoms with Gasteiger partial charge in [0.05, 0.1) is 6.54 Å². The quantitative estimate of drug-likeness (QED) is 0.593. The number of nitrogens with zero attached hydrogens (tertiary/aromatic N) is 1. The van der Waals surface area contributed by atoms with E-state index in [4.69, 9.17) is 9.47 Å². The Hall–Kier alpha value is -2.57. The maximum absolute atomic E-state index is 12.9. The number of thiophene rings is 2. The van der Waals surface area contributed by atoms with Gasteiger partial charge in [-0.3, -0.25) is 4.79 Å². The molecule has 2 aromatic heterocycles. The van der Waals surface area contributed by atoms with Crippen molar-refractivity contribution < 1.29 is 14.3 Å². The van der Waals surface area contributed by atoms with E-state index in [1.165, 1.54) is 0 Å². The molecule has 1 aliphatic heterocycles. The lowest BCUT2D eigenvalue weighted by molar-refractivity contribution is -0.114. The van der Waals surface area contributed by atoms with Crippen molar-refractivity contribution in [2.75, 3.05) is 18.1 Å². The molecule has 3 aromatic rings. The van der Waals surface area contributed by atoms with Crippen molar-refractivity contribution in [3.8, 4) is 11.5 Å². The van der Waals surface area contributed by atoms with E-state index in [2.05, 4.69) is 0 Å². The number of amides is 1. The van der Waals surface area contributed by atoms with Gasteiger partial charge in [0, 0.05) is 27.6 Å². The summed E-state index contributed by atoms with van der Waals surface area (Å²) in [5.41, 5.74) is 0.795. The van der Waals surface area contributed by atoms with Gasteiger partial charge in [-0.05, 0) is 41.1 Å². The monoisotopic (exact) mass is 383 g/mol. The molecular weight excluding hydrogens is 366 g/mol. The summed E-state index contributed by atoms with van der Waals surface area (Å²) < 4.78 is 11.3. The van der Waals surface area contributed by atoms with Crippen LogP contribution in [0.1, 0.15) is 9.75 Å². The van der Waals surface area contributed by atoms with Crippen molar-refractivity contribution in [1.82, 2.24) is 0 Å². The first-order valence-corrected chi connectivity index (χ1v) is 10.0. The lowest BCUT2D eigenvalue weighted by Crippen LogP contribution is -2.28. The molecule has 4 nitrogen and oxygen atoms in total. The van der Waals surface area contributed by atoms with Crippen LogP contribution in [0.3, 0.4) is 0 Å². The fourth-order valence-electron chi connectivity index (χ4n) is 2.68. The molecule has 0 saturated heterocycles. The molecule has 0 unspecified atom stereocenters. The van der Waals surface area contributed by atoms with Crippen LogP contribution < -0.4 is 14.4 Å². The minimum atomic E-state index is -0.0662. The number of carbonyl (C=O) groups excluding carboxylic acids is 1. The van der Waals surface area contributed by atoms with Crippen LogP contribution in [-0.2, 0) is 11.3 Å². The SMILES string of the molecule is O=C(C=Cc1cccs1)N(Cc1cccs1)c1ccc2c(c1)OCCO2. The molecular formula is C20H17NO3S2. The van der Waals surface area contributed by atoms with Crippen LogP contribution in [0.25, 0.3) is 6.08 Å². The smallest absolute Gasteiger partial charge is 0.251 e. The van der Waals surface area contributed by atoms with Crippen molar-refractivity contribution in [1.29, 1.82) is 0 Å². The summed E-state index contributed by atoms with van der Waals surface area (Å²) in [6, 6.07) is 13.6. The fraction of sp³-hybridized carbons (Fsp3) is 0.150. The molecule has 6 heteroatoms. The summed E-state index contributed by atoms with van der Waals surface area (Å²) in [6.45, 7) is 1.59. The average Bonchev–Trinajstić information content (AvgIpc) is 3.37. The molecule has 0 aliphatic carbocycles. The number of anilines is 1. The molecule has 1 amide bonds. The van der Waals surface area contributed by atoms with Crippen molar-refractivity contribution >= 4 is 40.3 Å². The zero-order chi connectivity index (χ0) is 17.8. The van der Waals surface area contributed by atoms with Crippen LogP contribution in [0.15, 0.2) is 59.3 Å². The highest BCUT2D eigenvalue weighted by molar-refractivity contribution is 7.10. The minimum Gasteiger partial charge on any atom is -0.486 e. The Bertz CT molecular complexity index is 901. The lowest BCUT2D eigenvalue weighted by atomic mass is 10.2. The van der Waals surface area contributed by atoms with Crippen molar-refractivity contribution in [2.45, 2.75) is 6.54 Å². The van der Waals surface area contributed by atoms with Gasteiger partial charge in [-0.15, -0.1) is 22.7 Å². The van der Waals surface area contributed by atoms with Crippen LogP contribution in [0, 0.1) is 0 Å². The predicted octanol–water partition coefficient (Wildman–Crippen LogP) is 4.83. The molecule has 0 N–H and O–H groups in total. The summed E-state index contributed by atoms with van der Waals surface area (Å²) in [4.78, 5) is 16.8. The molecule has 0 spiro atoms. The number of carbonyl (C=O) groups is 1. The third-order valence-corrected chi connectivity index (χ3v) is 5.63. The van der Waals surface area contributed by atoms with Crippen LogP contribution >= 0.6 is 22.7 Å². The molecule has 0 fully saturated rings. The Labute approximate surface area is 159 Å². The maximum Gasteiger partial charge on any atom is 0.251 e. The van der Waals surface area contributed by atoms with Crippen molar-refractivity contribution in [3.63, 3.8) is 0 Å². The van der Waals surface area contributed by atoms with Gasteiger partial charge >= 0.3 is 0 Å². The van der Waals surface area contributed by atoms with E-state index in [9.17, 15) is 4.79 Å². The maximum atomic E-state index is 12.9. The van der Waals surface area contributed by atoms with Crippen molar-refractivity contribution in [3.05, 3.63) is 69.1 Å². The standard InChI is InChI=1S/C20H17NO3S2/c22-20(8-6-16-3-1-11-25-16)21(14-17-4-2-12-26-17)15-5-7-18-19(13-15)24-10-9-23-18/h1-8,11-13H,9-10,14H2. The van der Waals surface area contributed by atoms with Gasteiger partial charge in [-0.2, -0.15) is 0 Å². The zero-order valence-electron chi connectivity index (χ0n) is 14.0. The molecule has 4 rings (SSSR count). The third-order valence-electron chi connectivity index (χ3n) is 3.93. The van der Waals surface area contributed by atoms with Gasteiger partial charge in [0.15, 0.2) is 11.5 Å². The van der Waals surface area contributed by atoms with Crippen LogP contribution in [-0.4, -0.2) is 19.1 Å². The molecule has 0 saturated carbocycles. The number of fused-ring (bicyclic) bond motifs is 1. The highest BCUT2D eigenvalue weighted by Gasteiger charge is 2.19. The summed E-state index contributed by atoms with van der Waals surface area (Å²) in [5.74, 6) is 1.33. The first-order valence-electron chi connectivity index (χ1n) is 8.25. The molecule has 1 aliphatic rings. The highest BCUT2D eigenvalue weighted by Crippen LogP contribution is 2.34. The number of hydrogen-bond acceptors (Lipinski definition) is 5. The van der Waals surface area contributed by atoms with E-state index in [1.807, 2.05) is 59.3 Å². The molecule has 0 radical (unpaired) electrons. The predicted molar refractivity (Wildman–Crippen MR) is 106 cm³/mol. The Kier molecular flexibility index (Phi) is 5.04. The van der Waals surface area contributed by atoms with Crippen LogP contribution in [0.2, 0.25) is 0 Å². The Morgan fingerprint density at radius 2 is 1.85 bits per heavy atom. The average molecular weight is 383 g/mol. The van der Waals surface area contributed by atoms with Crippen LogP contribution in [0.5, 0.6) is 11.5 Å². The second-order valence-corrected chi connectivity index (χ2v) is 7.69. The number of ether oxygens (including phenoxy) is 2. The second kappa shape index (κ2) is 7.76. The van der Waals surface area contributed by atoms with Crippen LogP contribution in [0.4, 0.5) is 5.69 Å². The van der Waals surface area contributed by atoms with Crippen molar-refractivity contribution in [2.24, 2.45) is 0 Å². The second-order valence-electron chi connectivity index (χ2n) is 5.68. The zero-order valence-corrected chi connectivity index (χ0v) is 15.6. The molecule has 0 bridgehead atoms. The number of benzene rings is 1. The van der Waals surface area contributed by atoms with Gasteiger partial charge in [-0.1, -0.05) is 12.1 Å². The third kappa shape index (κ3) is 3.81. The Balaban J connectivity index is 1.63. The number of hydrogen-bond donors (Lipinski definition) is 0. The van der Waals surface area contributed by atoms with Gasteiger partial charge in [0.1, 0.15) is 13.2 Å². The highest BCUT2D eigenvalue weighted by atomic mass is 32.1. The number of rotatable bonds is 5. The van der Waals surface area contributed by atoms with Gasteiger partial charge in [0.2, 0.25) is 0 Å². The molecule has 3 heterocycles. The summed E-state index contributed by atoms with van der Waals surface area (Å²) in [7, 11) is 0. The first kappa shape index (κ1) is 16.9. The largest absolute Gasteiger partial charge is 0.486 e. The van der Waals surface area contributed by atoms with E-state index in [0.717, 1.165) is 21.2 Å². The molecule has 0 atom stereocenters. The van der Waals surface area contributed by atoms with E-state index >= 15 is 0 Å². The summed E-state index contributed by atoms with van der Waals surface area (Å²) in [6.07, 6.45) is 3.47. The molecule has 132 valence electrons. The minimum absolute atomic E-state index is 0.0662. The first-order chi connectivity index (χ1) is 12.8. The van der Waals surface area contributed by atoms with E-state index < -0.39 is 0 Å². The van der Waals surface area contributed by atoms with Gasteiger partial charge in [0.25, 0.3) is 5.91 Å². The Morgan fingerprint density at radius 3 is 2.62 bits per heavy atom. The van der Waals surface area contributed by atoms with E-state index in [1.54, 1.807) is 33.6 Å². The van der Waals surface area contributed by atoms with E-state index in [-0.39, 0.29) is 5.91 Å².